The maximum absolute atomic E-state index is 5.88. The fourth-order valence-electron chi connectivity index (χ4n) is 2.19. The fraction of sp³-hybridized carbons (Fsp3) is 0.200. The summed E-state index contributed by atoms with van der Waals surface area (Å²) >= 11 is 0. The van der Waals surface area contributed by atoms with Crippen molar-refractivity contribution >= 4 is 21.6 Å². The first-order valence-electron chi connectivity index (χ1n) is 7.73. The fourth-order valence-corrected chi connectivity index (χ4v) is 4.55. The molecule has 0 spiro atoms. The van der Waals surface area contributed by atoms with Crippen LogP contribution in [0.2, 0.25) is 0 Å². The van der Waals surface area contributed by atoms with Crippen molar-refractivity contribution < 1.29 is 8.83 Å². The third-order valence-corrected chi connectivity index (χ3v) is 5.67. The highest BCUT2D eigenvalue weighted by Crippen LogP contribution is 2.43. The van der Waals surface area contributed by atoms with E-state index >= 15 is 0 Å². The Morgan fingerprint density at radius 3 is 1.38 bits per heavy atom. The zero-order valence-electron chi connectivity index (χ0n) is 13.8. The molecule has 126 valence electrons. The molecule has 24 heavy (non-hydrogen) atoms. The topological polar surface area (TPSA) is 26.3 Å². The van der Waals surface area contributed by atoms with Gasteiger partial charge in [-0.15, -0.1) is 26.3 Å². The summed E-state index contributed by atoms with van der Waals surface area (Å²) in [6.07, 6.45) is 10.3. The molecule has 2 rings (SSSR count). The minimum absolute atomic E-state index is 0.715. The van der Waals surface area contributed by atoms with Crippen LogP contribution in [0.5, 0.6) is 0 Å². The predicted molar refractivity (Wildman–Crippen MR) is 105 cm³/mol. The highest BCUT2D eigenvalue weighted by atomic mass is 33.1. The number of hydrogen-bond acceptors (Lipinski definition) is 4. The standard InChI is InChI=1S/C20H22O2S2/c1-5-9-15-13-19(17(21-15)11-7-3)23-24-20-14-16(10-6-2)22-18(20)12-8-4/h5-8,13-14H,1-4,9-12H2. The number of rotatable bonds is 11. The molecular weight excluding hydrogens is 336 g/mol. The van der Waals surface area contributed by atoms with E-state index in [4.69, 9.17) is 8.83 Å². The van der Waals surface area contributed by atoms with Gasteiger partial charge in [-0.1, -0.05) is 24.3 Å². The Balaban J connectivity index is 2.17. The lowest BCUT2D eigenvalue weighted by atomic mass is 10.3. The Morgan fingerprint density at radius 1 is 0.667 bits per heavy atom. The minimum Gasteiger partial charge on any atom is -0.464 e. The van der Waals surface area contributed by atoms with Gasteiger partial charge in [0.25, 0.3) is 0 Å². The second kappa shape index (κ2) is 9.50. The largest absolute Gasteiger partial charge is 0.464 e. The van der Waals surface area contributed by atoms with Crippen molar-refractivity contribution in [2.45, 2.75) is 35.5 Å². The molecule has 0 saturated heterocycles. The van der Waals surface area contributed by atoms with Gasteiger partial charge in [-0.25, -0.2) is 0 Å². The Morgan fingerprint density at radius 2 is 1.04 bits per heavy atom. The number of hydrogen-bond donors (Lipinski definition) is 0. The number of allylic oxidation sites excluding steroid dienone is 4. The van der Waals surface area contributed by atoms with Crippen LogP contribution in [0.1, 0.15) is 23.0 Å². The van der Waals surface area contributed by atoms with Crippen molar-refractivity contribution in [3.05, 3.63) is 85.8 Å². The zero-order chi connectivity index (χ0) is 17.4. The van der Waals surface area contributed by atoms with E-state index in [1.165, 1.54) is 0 Å². The van der Waals surface area contributed by atoms with Gasteiger partial charge < -0.3 is 8.83 Å². The van der Waals surface area contributed by atoms with Crippen LogP contribution in [-0.2, 0) is 25.7 Å². The first kappa shape index (κ1) is 18.6. The molecule has 0 atom stereocenters. The molecule has 0 fully saturated rings. The molecule has 0 amide bonds. The zero-order valence-corrected chi connectivity index (χ0v) is 15.4. The van der Waals surface area contributed by atoms with E-state index in [1.54, 1.807) is 21.6 Å². The monoisotopic (exact) mass is 358 g/mol. The van der Waals surface area contributed by atoms with Crippen molar-refractivity contribution in [1.29, 1.82) is 0 Å². The van der Waals surface area contributed by atoms with Crippen LogP contribution in [0.25, 0.3) is 0 Å². The molecule has 0 unspecified atom stereocenters. The lowest BCUT2D eigenvalue weighted by Gasteiger charge is -2.00. The summed E-state index contributed by atoms with van der Waals surface area (Å²) in [7, 11) is 3.36. The molecule has 0 aliphatic carbocycles. The molecule has 2 nitrogen and oxygen atoms in total. The van der Waals surface area contributed by atoms with Crippen LogP contribution in [-0.4, -0.2) is 0 Å². The van der Waals surface area contributed by atoms with Gasteiger partial charge in [0.2, 0.25) is 0 Å². The maximum atomic E-state index is 5.88. The van der Waals surface area contributed by atoms with E-state index in [0.29, 0.717) is 12.8 Å². The molecule has 0 N–H and O–H groups in total. The smallest absolute Gasteiger partial charge is 0.122 e. The van der Waals surface area contributed by atoms with E-state index in [-0.39, 0.29) is 0 Å². The van der Waals surface area contributed by atoms with Crippen molar-refractivity contribution in [3.63, 3.8) is 0 Å². The van der Waals surface area contributed by atoms with Gasteiger partial charge in [0, 0.05) is 25.7 Å². The van der Waals surface area contributed by atoms with Crippen LogP contribution in [0.4, 0.5) is 0 Å². The summed E-state index contributed by atoms with van der Waals surface area (Å²) in [6.45, 7) is 15.1. The Bertz CT molecular complexity index is 660. The van der Waals surface area contributed by atoms with Crippen LogP contribution in [0, 0.1) is 0 Å². The van der Waals surface area contributed by atoms with Crippen LogP contribution in [0.3, 0.4) is 0 Å². The van der Waals surface area contributed by atoms with Gasteiger partial charge >= 0.3 is 0 Å². The molecule has 2 aromatic rings. The van der Waals surface area contributed by atoms with Crippen molar-refractivity contribution in [2.24, 2.45) is 0 Å². The molecule has 0 aliphatic heterocycles. The molecule has 0 bridgehead atoms. The lowest BCUT2D eigenvalue weighted by Crippen LogP contribution is -1.79. The summed E-state index contributed by atoms with van der Waals surface area (Å²) in [5.74, 6) is 3.74. The molecule has 0 radical (unpaired) electrons. The Kier molecular flexibility index (Phi) is 7.35. The molecule has 2 aromatic heterocycles. The average molecular weight is 359 g/mol. The minimum atomic E-state index is 0.715. The normalized spacial score (nSPS) is 10.5. The van der Waals surface area contributed by atoms with Crippen molar-refractivity contribution in [2.75, 3.05) is 0 Å². The molecule has 2 heterocycles. The second-order valence-corrected chi connectivity index (χ2v) is 7.35. The van der Waals surface area contributed by atoms with E-state index in [2.05, 4.69) is 38.4 Å². The second-order valence-electron chi connectivity index (χ2n) is 5.14. The van der Waals surface area contributed by atoms with Gasteiger partial charge in [-0.05, 0) is 33.7 Å². The first-order valence-corrected chi connectivity index (χ1v) is 9.88. The predicted octanol–water partition coefficient (Wildman–Crippen LogP) is 6.59. The quantitative estimate of drug-likeness (QED) is 0.334. The Hall–Kier alpha value is -1.78. The van der Waals surface area contributed by atoms with Crippen molar-refractivity contribution in [1.82, 2.24) is 0 Å². The molecule has 4 heteroatoms. The van der Waals surface area contributed by atoms with Gasteiger partial charge in [0.1, 0.15) is 23.0 Å². The molecular formula is C20H22O2S2. The SMILES string of the molecule is C=CCc1cc(SSc2cc(CC=C)oc2CC=C)c(CC=C)o1. The summed E-state index contributed by atoms with van der Waals surface area (Å²) in [6, 6.07) is 4.16. The summed E-state index contributed by atoms with van der Waals surface area (Å²) < 4.78 is 11.8. The Labute approximate surface area is 151 Å². The third kappa shape index (κ3) is 4.86. The van der Waals surface area contributed by atoms with E-state index in [0.717, 1.165) is 45.7 Å². The van der Waals surface area contributed by atoms with Gasteiger partial charge in [-0.3, -0.25) is 0 Å². The molecule has 0 aromatic carbocycles. The van der Waals surface area contributed by atoms with Gasteiger partial charge in [0.15, 0.2) is 0 Å². The highest BCUT2D eigenvalue weighted by Gasteiger charge is 2.15. The molecule has 0 aliphatic rings. The van der Waals surface area contributed by atoms with Crippen LogP contribution >= 0.6 is 21.6 Å². The summed E-state index contributed by atoms with van der Waals surface area (Å²) in [5.41, 5.74) is 0. The summed E-state index contributed by atoms with van der Waals surface area (Å²) in [5, 5.41) is 0. The van der Waals surface area contributed by atoms with Gasteiger partial charge in [-0.2, -0.15) is 0 Å². The molecule has 0 saturated carbocycles. The maximum Gasteiger partial charge on any atom is 0.122 e. The first-order chi connectivity index (χ1) is 11.7. The number of furan rings is 2. The van der Waals surface area contributed by atoms with Gasteiger partial charge in [0.05, 0.1) is 9.79 Å². The highest BCUT2D eigenvalue weighted by molar-refractivity contribution is 8.76. The van der Waals surface area contributed by atoms with E-state index < -0.39 is 0 Å². The van der Waals surface area contributed by atoms with Crippen LogP contribution < -0.4 is 0 Å². The third-order valence-electron chi connectivity index (χ3n) is 3.21. The van der Waals surface area contributed by atoms with E-state index in [9.17, 15) is 0 Å². The van der Waals surface area contributed by atoms with E-state index in [1.807, 2.05) is 24.3 Å². The lowest BCUT2D eigenvalue weighted by molar-refractivity contribution is 0.479. The van der Waals surface area contributed by atoms with Crippen LogP contribution in [0.15, 0.2) is 81.4 Å². The summed E-state index contributed by atoms with van der Waals surface area (Å²) in [4.78, 5) is 2.24. The van der Waals surface area contributed by atoms with Crippen molar-refractivity contribution in [3.8, 4) is 0 Å². The average Bonchev–Trinajstić information content (AvgIpc) is 3.11.